The molecule has 0 aliphatic carbocycles. The number of hydrogen-bond acceptors (Lipinski definition) is 15. The van der Waals surface area contributed by atoms with Crippen LogP contribution in [0.1, 0.15) is 25.2 Å². The van der Waals surface area contributed by atoms with E-state index >= 15 is 0 Å². The summed E-state index contributed by atoms with van der Waals surface area (Å²) in [6.45, 7) is 0. The van der Waals surface area contributed by atoms with Gasteiger partial charge in [-0.1, -0.05) is 40.5 Å². The molecule has 1 aliphatic rings. The van der Waals surface area contributed by atoms with Crippen molar-refractivity contribution in [1.29, 1.82) is 0 Å². The number of amides is 2. The molecule has 1 aromatic carbocycles. The Bertz CT molecular complexity index is 2020. The van der Waals surface area contributed by atoms with Gasteiger partial charge in [-0.25, -0.2) is 38.3 Å². The van der Waals surface area contributed by atoms with Crippen LogP contribution in [0.2, 0.25) is 0 Å². The van der Waals surface area contributed by atoms with Gasteiger partial charge in [-0.05, 0) is 17.7 Å². The monoisotopic (exact) mass is 657 g/mol. The SMILES string of the molecule is CN(C)C(=O)c1nc2c(Nc3ccc4c(c3)SC(=O)C4)ncnc2s1.CN(C)C(=O)c1nc2c(S(C)(=O)=O)ncnc2s1. The number of anilines is 2. The number of benzene rings is 1. The molecule has 0 radical (unpaired) electrons. The molecule has 5 heterocycles. The van der Waals surface area contributed by atoms with Gasteiger partial charge in [0.1, 0.15) is 33.3 Å². The van der Waals surface area contributed by atoms with E-state index in [1.807, 2.05) is 18.2 Å². The highest BCUT2D eigenvalue weighted by molar-refractivity contribution is 8.14. The van der Waals surface area contributed by atoms with Crippen LogP contribution in [-0.2, 0) is 21.1 Å². The number of hydrogen-bond donors (Lipinski definition) is 1. The molecule has 5 aromatic rings. The third-order valence-corrected chi connectivity index (χ3v) is 9.65. The van der Waals surface area contributed by atoms with Gasteiger partial charge < -0.3 is 15.1 Å². The van der Waals surface area contributed by atoms with Crippen molar-refractivity contribution in [3.05, 3.63) is 46.4 Å². The zero-order valence-corrected chi connectivity index (χ0v) is 26.6. The summed E-state index contributed by atoms with van der Waals surface area (Å²) in [4.78, 5) is 64.8. The van der Waals surface area contributed by atoms with Gasteiger partial charge in [-0.15, -0.1) is 0 Å². The van der Waals surface area contributed by atoms with E-state index in [9.17, 15) is 22.8 Å². The first-order valence-corrected chi connectivity index (χ1v) is 16.6. The van der Waals surface area contributed by atoms with Crippen LogP contribution in [0.4, 0.5) is 11.5 Å². The maximum atomic E-state index is 12.1. The topological polar surface area (TPSA) is 181 Å². The number of thiazole rings is 2. The molecule has 0 atom stereocenters. The summed E-state index contributed by atoms with van der Waals surface area (Å²) in [6.07, 6.45) is 4.11. The number of thioether (sulfide) groups is 1. The van der Waals surface area contributed by atoms with E-state index in [4.69, 9.17) is 0 Å². The lowest BCUT2D eigenvalue weighted by atomic mass is 10.1. The first-order valence-electron chi connectivity index (χ1n) is 12.3. The molecule has 222 valence electrons. The average Bonchev–Trinajstić information content (AvgIpc) is 3.67. The van der Waals surface area contributed by atoms with Crippen molar-refractivity contribution in [2.75, 3.05) is 39.8 Å². The first kappa shape index (κ1) is 30.3. The van der Waals surface area contributed by atoms with Crippen LogP contribution in [0.25, 0.3) is 20.7 Å². The summed E-state index contributed by atoms with van der Waals surface area (Å²) in [7, 11) is 3.06. The van der Waals surface area contributed by atoms with Gasteiger partial charge in [0.05, 0.1) is 0 Å². The van der Waals surface area contributed by atoms with E-state index in [1.54, 1.807) is 28.2 Å². The summed E-state index contributed by atoms with van der Waals surface area (Å²) in [5, 5.41) is 3.79. The quantitative estimate of drug-likeness (QED) is 0.273. The van der Waals surface area contributed by atoms with Gasteiger partial charge in [0.2, 0.25) is 0 Å². The Balaban J connectivity index is 0.000000181. The number of aromatic nitrogens is 6. The molecule has 4 aromatic heterocycles. The molecule has 14 nitrogen and oxygen atoms in total. The highest BCUT2D eigenvalue weighted by Gasteiger charge is 2.22. The van der Waals surface area contributed by atoms with Crippen LogP contribution >= 0.6 is 34.4 Å². The Morgan fingerprint density at radius 2 is 1.44 bits per heavy atom. The molecule has 1 aliphatic heterocycles. The van der Waals surface area contributed by atoms with Gasteiger partial charge in [0.25, 0.3) is 11.8 Å². The van der Waals surface area contributed by atoms with Gasteiger partial charge in [-0.3, -0.25) is 14.4 Å². The van der Waals surface area contributed by atoms with Crippen molar-refractivity contribution in [2.24, 2.45) is 0 Å². The van der Waals surface area contributed by atoms with Gasteiger partial charge in [-0.2, -0.15) is 0 Å². The summed E-state index contributed by atoms with van der Waals surface area (Å²) >= 11 is 3.54. The molecule has 0 saturated carbocycles. The fourth-order valence-corrected chi connectivity index (χ4v) is 7.32. The highest BCUT2D eigenvalue weighted by Crippen LogP contribution is 2.36. The minimum absolute atomic E-state index is 0.148. The summed E-state index contributed by atoms with van der Waals surface area (Å²) in [5.41, 5.74) is 2.56. The van der Waals surface area contributed by atoms with Crippen LogP contribution < -0.4 is 5.32 Å². The Kier molecular flexibility index (Phi) is 8.37. The molecular weight excluding hydrogens is 635 g/mol. The normalized spacial score (nSPS) is 12.5. The maximum Gasteiger partial charge on any atom is 0.282 e. The third-order valence-electron chi connectivity index (χ3n) is 5.78. The lowest BCUT2D eigenvalue weighted by Gasteiger charge is -2.07. The number of nitrogens with one attached hydrogen (secondary N) is 1. The van der Waals surface area contributed by atoms with Crippen molar-refractivity contribution in [3.8, 4) is 0 Å². The van der Waals surface area contributed by atoms with Crippen molar-refractivity contribution in [1.82, 2.24) is 39.7 Å². The fourth-order valence-electron chi connectivity index (χ4n) is 3.74. The van der Waals surface area contributed by atoms with E-state index in [-0.39, 0.29) is 32.5 Å². The molecule has 6 rings (SSSR count). The molecule has 18 heteroatoms. The van der Waals surface area contributed by atoms with Crippen LogP contribution in [0.5, 0.6) is 0 Å². The number of nitrogens with zero attached hydrogens (tertiary/aromatic N) is 8. The Hall–Kier alpha value is -4.13. The predicted octanol–water partition coefficient (Wildman–Crippen LogP) is 2.90. The van der Waals surface area contributed by atoms with E-state index in [1.165, 1.54) is 39.2 Å². The van der Waals surface area contributed by atoms with Crippen molar-refractivity contribution >= 4 is 93.4 Å². The van der Waals surface area contributed by atoms with Crippen LogP contribution in [-0.4, -0.2) is 99.5 Å². The van der Waals surface area contributed by atoms with Gasteiger partial charge >= 0.3 is 0 Å². The van der Waals surface area contributed by atoms with Crippen molar-refractivity contribution in [3.63, 3.8) is 0 Å². The minimum atomic E-state index is -3.49. The summed E-state index contributed by atoms with van der Waals surface area (Å²) in [5.74, 6) is 0.0761. The first-order chi connectivity index (χ1) is 20.3. The summed E-state index contributed by atoms with van der Waals surface area (Å²) in [6, 6.07) is 5.78. The number of sulfone groups is 1. The average molecular weight is 658 g/mol. The lowest BCUT2D eigenvalue weighted by molar-refractivity contribution is -0.110. The van der Waals surface area contributed by atoms with Crippen molar-refractivity contribution < 1.29 is 22.8 Å². The Morgan fingerprint density at radius 3 is 2.05 bits per heavy atom. The van der Waals surface area contributed by atoms with Crippen LogP contribution in [0, 0.1) is 0 Å². The number of fused-ring (bicyclic) bond motifs is 3. The van der Waals surface area contributed by atoms with E-state index < -0.39 is 9.84 Å². The highest BCUT2D eigenvalue weighted by atomic mass is 32.2. The molecule has 0 unspecified atom stereocenters. The van der Waals surface area contributed by atoms with E-state index in [2.05, 4.69) is 35.2 Å². The zero-order chi connectivity index (χ0) is 31.1. The second-order valence-corrected chi connectivity index (χ2v) is 14.5. The zero-order valence-electron chi connectivity index (χ0n) is 23.3. The molecular formula is C25H23N9O5S4. The Morgan fingerprint density at radius 1 is 0.860 bits per heavy atom. The summed E-state index contributed by atoms with van der Waals surface area (Å²) < 4.78 is 23.1. The molecule has 43 heavy (non-hydrogen) atoms. The predicted molar refractivity (Wildman–Crippen MR) is 164 cm³/mol. The third kappa shape index (κ3) is 6.46. The number of rotatable bonds is 5. The largest absolute Gasteiger partial charge is 0.343 e. The molecule has 1 N–H and O–H groups in total. The standard InChI is InChI=1S/C16H13N5O2S2.C9H10N4O3S2/c1-21(2)16(23)15-20-12-13(17-7-18-14(12)25-15)19-9-4-3-8-5-11(22)24-10(8)6-9;1-13(2)9(14)7-12-5-6(17-7)10-4-11-8(5)18(3,15)16/h3-4,6-7H,5H2,1-2H3,(H,17,18,19);4H,1-3H3. The smallest absolute Gasteiger partial charge is 0.282 e. The number of carbonyl (C=O) groups is 3. The van der Waals surface area contributed by atoms with E-state index in [0.717, 1.165) is 40.1 Å². The molecule has 0 saturated heterocycles. The van der Waals surface area contributed by atoms with Crippen LogP contribution in [0.3, 0.4) is 0 Å². The number of carbonyl (C=O) groups excluding carboxylic acids is 3. The Labute approximate surface area is 257 Å². The van der Waals surface area contributed by atoms with Crippen molar-refractivity contribution in [2.45, 2.75) is 16.3 Å². The molecule has 0 fully saturated rings. The maximum absolute atomic E-state index is 12.1. The molecule has 2 amide bonds. The van der Waals surface area contributed by atoms with Gasteiger partial charge in [0.15, 0.2) is 35.8 Å². The fraction of sp³-hybridized carbons (Fsp3) is 0.240. The van der Waals surface area contributed by atoms with Gasteiger partial charge in [0, 0.05) is 51.5 Å². The minimum Gasteiger partial charge on any atom is -0.343 e. The molecule has 0 bridgehead atoms. The molecule has 0 spiro atoms. The lowest BCUT2D eigenvalue weighted by Crippen LogP contribution is -2.21. The van der Waals surface area contributed by atoms with E-state index in [0.29, 0.717) is 32.4 Å². The van der Waals surface area contributed by atoms with Crippen LogP contribution in [0.15, 0.2) is 40.8 Å². The second-order valence-electron chi connectivity index (χ2n) is 9.52. The second kappa shape index (κ2) is 11.9.